The van der Waals surface area contributed by atoms with Crippen LogP contribution in [-0.4, -0.2) is 57.7 Å². The van der Waals surface area contributed by atoms with Crippen LogP contribution in [-0.2, 0) is 23.8 Å². The van der Waals surface area contributed by atoms with Crippen LogP contribution in [0.25, 0.3) is 0 Å². The fourth-order valence-electron chi connectivity index (χ4n) is 2.60. The van der Waals surface area contributed by atoms with E-state index < -0.39 is 55.0 Å². The SMILES string of the molecule is CC[C@@H](N)C(=O)ONc1ccn([C@@H]2O[C@H](CO)[C@H]3OC(=O)O[C@H]32)c(=O)n1. The number of nitrogens with one attached hydrogen (secondary N) is 1. The first-order valence-electron chi connectivity index (χ1n) is 7.89. The van der Waals surface area contributed by atoms with Crippen LogP contribution in [0.15, 0.2) is 17.1 Å². The first-order valence-corrected chi connectivity index (χ1v) is 7.89. The molecule has 0 spiro atoms. The Hall–Kier alpha value is -2.70. The molecule has 0 aliphatic carbocycles. The second-order valence-corrected chi connectivity index (χ2v) is 5.70. The van der Waals surface area contributed by atoms with E-state index in [0.717, 1.165) is 4.57 Å². The monoisotopic (exact) mass is 370 g/mol. The third kappa shape index (κ3) is 3.34. The average molecular weight is 370 g/mol. The highest BCUT2D eigenvalue weighted by Gasteiger charge is 2.55. The molecule has 1 aromatic heterocycles. The summed E-state index contributed by atoms with van der Waals surface area (Å²) in [5, 5.41) is 9.32. The number of aliphatic hydroxyl groups excluding tert-OH is 1. The van der Waals surface area contributed by atoms with E-state index in [1.54, 1.807) is 6.92 Å². The molecule has 0 aromatic carbocycles. The summed E-state index contributed by atoms with van der Waals surface area (Å²) in [5.41, 5.74) is 7.01. The molecule has 12 heteroatoms. The minimum absolute atomic E-state index is 0.0178. The van der Waals surface area contributed by atoms with Gasteiger partial charge in [-0.3, -0.25) is 4.57 Å². The molecule has 5 atom stereocenters. The fourth-order valence-corrected chi connectivity index (χ4v) is 2.60. The van der Waals surface area contributed by atoms with Crippen LogP contribution in [0.4, 0.5) is 10.6 Å². The Morgan fingerprint density at radius 3 is 2.85 bits per heavy atom. The Kier molecular flexibility index (Phi) is 5.06. The zero-order chi connectivity index (χ0) is 18.8. The third-order valence-electron chi connectivity index (χ3n) is 4.03. The molecule has 3 rings (SSSR count). The van der Waals surface area contributed by atoms with Gasteiger partial charge in [0.25, 0.3) is 0 Å². The van der Waals surface area contributed by atoms with Crippen molar-refractivity contribution in [3.63, 3.8) is 0 Å². The Morgan fingerprint density at radius 2 is 2.19 bits per heavy atom. The lowest BCUT2D eigenvalue weighted by molar-refractivity contribution is -0.142. The number of carbonyl (C=O) groups excluding carboxylic acids is 2. The molecule has 142 valence electrons. The maximum Gasteiger partial charge on any atom is 0.509 e. The Balaban J connectivity index is 1.73. The number of aromatic nitrogens is 2. The Labute approximate surface area is 146 Å². The van der Waals surface area contributed by atoms with Crippen molar-refractivity contribution in [2.24, 2.45) is 5.73 Å². The fraction of sp³-hybridized carbons (Fsp3) is 0.571. The lowest BCUT2D eigenvalue weighted by atomic mass is 10.1. The predicted octanol–water partition coefficient (Wildman–Crippen LogP) is -1.36. The highest BCUT2D eigenvalue weighted by molar-refractivity contribution is 5.76. The smallest absolute Gasteiger partial charge is 0.424 e. The van der Waals surface area contributed by atoms with E-state index in [4.69, 9.17) is 24.8 Å². The number of hydrogen-bond donors (Lipinski definition) is 3. The predicted molar refractivity (Wildman–Crippen MR) is 82.6 cm³/mol. The maximum absolute atomic E-state index is 12.2. The number of nitrogens with two attached hydrogens (primary N) is 1. The summed E-state index contributed by atoms with van der Waals surface area (Å²) >= 11 is 0. The molecule has 2 aliphatic rings. The van der Waals surface area contributed by atoms with Crippen molar-refractivity contribution in [3.05, 3.63) is 22.7 Å². The summed E-state index contributed by atoms with van der Waals surface area (Å²) < 4.78 is 16.6. The van der Waals surface area contributed by atoms with Crippen LogP contribution >= 0.6 is 0 Å². The van der Waals surface area contributed by atoms with E-state index >= 15 is 0 Å². The molecule has 0 bridgehead atoms. The van der Waals surface area contributed by atoms with Gasteiger partial charge in [0.1, 0.15) is 12.1 Å². The van der Waals surface area contributed by atoms with E-state index in [1.165, 1.54) is 12.3 Å². The third-order valence-corrected chi connectivity index (χ3v) is 4.03. The van der Waals surface area contributed by atoms with Gasteiger partial charge in [0.05, 0.1) is 6.61 Å². The molecule has 3 heterocycles. The summed E-state index contributed by atoms with van der Waals surface area (Å²) in [6.45, 7) is 1.31. The van der Waals surface area contributed by atoms with Crippen LogP contribution < -0.4 is 16.9 Å². The number of ether oxygens (including phenoxy) is 3. The lowest BCUT2D eigenvalue weighted by Crippen LogP contribution is -2.35. The van der Waals surface area contributed by atoms with Gasteiger partial charge < -0.3 is 29.9 Å². The molecule has 0 amide bonds. The quantitative estimate of drug-likeness (QED) is 0.400. The molecule has 4 N–H and O–H groups in total. The van der Waals surface area contributed by atoms with Crippen LogP contribution in [0.3, 0.4) is 0 Å². The number of fused-ring (bicyclic) bond motifs is 1. The molecule has 2 saturated heterocycles. The second-order valence-electron chi connectivity index (χ2n) is 5.70. The van der Waals surface area contributed by atoms with Crippen molar-refractivity contribution in [2.45, 2.75) is 43.9 Å². The average Bonchev–Trinajstić information content (AvgIpc) is 3.16. The number of aliphatic hydroxyl groups is 1. The largest absolute Gasteiger partial charge is 0.509 e. The van der Waals surface area contributed by atoms with Gasteiger partial charge in [0.2, 0.25) is 0 Å². The number of nitrogens with zero attached hydrogens (tertiary/aromatic N) is 2. The van der Waals surface area contributed by atoms with Gasteiger partial charge >= 0.3 is 17.8 Å². The molecule has 2 fully saturated rings. The van der Waals surface area contributed by atoms with Gasteiger partial charge in [-0.15, -0.1) is 0 Å². The van der Waals surface area contributed by atoms with Gasteiger partial charge in [-0.1, -0.05) is 6.92 Å². The van der Waals surface area contributed by atoms with E-state index in [-0.39, 0.29) is 5.82 Å². The molecule has 26 heavy (non-hydrogen) atoms. The van der Waals surface area contributed by atoms with Gasteiger partial charge in [-0.25, -0.2) is 19.9 Å². The van der Waals surface area contributed by atoms with E-state index in [9.17, 15) is 19.5 Å². The van der Waals surface area contributed by atoms with E-state index in [0.29, 0.717) is 6.42 Å². The highest BCUT2D eigenvalue weighted by atomic mass is 16.8. The Bertz CT molecular complexity index is 753. The number of carbonyl (C=O) groups is 2. The summed E-state index contributed by atoms with van der Waals surface area (Å²) in [6, 6.07) is 0.563. The van der Waals surface area contributed by atoms with Crippen molar-refractivity contribution < 1.29 is 33.7 Å². The van der Waals surface area contributed by atoms with Crippen LogP contribution in [0.1, 0.15) is 19.6 Å². The maximum atomic E-state index is 12.2. The zero-order valence-corrected chi connectivity index (χ0v) is 13.7. The van der Waals surface area contributed by atoms with Crippen LogP contribution in [0, 0.1) is 0 Å². The summed E-state index contributed by atoms with van der Waals surface area (Å²) in [6.07, 6.45) is -2.73. The molecule has 12 nitrogen and oxygen atoms in total. The molecule has 1 aromatic rings. The van der Waals surface area contributed by atoms with Crippen molar-refractivity contribution in [1.82, 2.24) is 9.55 Å². The van der Waals surface area contributed by atoms with E-state index in [2.05, 4.69) is 10.5 Å². The minimum atomic E-state index is -1.01. The summed E-state index contributed by atoms with van der Waals surface area (Å²) in [7, 11) is 0. The highest BCUT2D eigenvalue weighted by Crippen LogP contribution is 2.36. The van der Waals surface area contributed by atoms with Gasteiger partial charge in [0, 0.05) is 12.3 Å². The van der Waals surface area contributed by atoms with Gasteiger partial charge in [-0.2, -0.15) is 4.98 Å². The zero-order valence-electron chi connectivity index (χ0n) is 13.7. The number of anilines is 1. The molecule has 0 saturated carbocycles. The number of hydrogen-bond acceptors (Lipinski definition) is 11. The standard InChI is InChI=1S/C14H18N4O8/c1-2-6(15)12(20)26-17-8-3-4-18(13(21)16-8)11-10-9(7(5-19)23-11)24-14(22)25-10/h3-4,6-7,9-11,19H,2,5,15H2,1H3,(H,16,17,21)/t6-,7-,9-,10-,11-/m1/s1. The normalized spacial score (nSPS) is 28.0. The molecule has 0 radical (unpaired) electrons. The Morgan fingerprint density at radius 1 is 1.46 bits per heavy atom. The first kappa shape index (κ1) is 18.1. The summed E-state index contributed by atoms with van der Waals surface area (Å²) in [5.74, 6) is -0.711. The molecular weight excluding hydrogens is 352 g/mol. The number of rotatable bonds is 6. The van der Waals surface area contributed by atoms with Crippen molar-refractivity contribution in [2.75, 3.05) is 12.1 Å². The van der Waals surface area contributed by atoms with Gasteiger partial charge in [0.15, 0.2) is 24.3 Å². The lowest BCUT2D eigenvalue weighted by Gasteiger charge is -2.18. The van der Waals surface area contributed by atoms with E-state index in [1.807, 2.05) is 0 Å². The molecule has 0 unspecified atom stereocenters. The van der Waals surface area contributed by atoms with Crippen LogP contribution in [0.5, 0.6) is 0 Å². The van der Waals surface area contributed by atoms with Crippen molar-refractivity contribution in [3.8, 4) is 0 Å². The van der Waals surface area contributed by atoms with Crippen LogP contribution in [0.2, 0.25) is 0 Å². The molecule has 2 aliphatic heterocycles. The van der Waals surface area contributed by atoms with Gasteiger partial charge in [-0.05, 0) is 6.42 Å². The first-order chi connectivity index (χ1) is 12.4. The summed E-state index contributed by atoms with van der Waals surface area (Å²) in [4.78, 5) is 43.5. The second kappa shape index (κ2) is 7.27. The van der Waals surface area contributed by atoms with Crippen molar-refractivity contribution in [1.29, 1.82) is 0 Å². The molecular formula is C14H18N4O8. The minimum Gasteiger partial charge on any atom is -0.424 e. The topological polar surface area (TPSA) is 164 Å². The van der Waals surface area contributed by atoms with Crippen molar-refractivity contribution >= 4 is 17.9 Å².